The van der Waals surface area contributed by atoms with Gasteiger partial charge >= 0.3 is 33.6 Å². The van der Waals surface area contributed by atoms with Gasteiger partial charge in [-0.2, -0.15) is 0 Å². The summed E-state index contributed by atoms with van der Waals surface area (Å²) < 4.78 is 0. The van der Waals surface area contributed by atoms with Crippen LogP contribution < -0.4 is 19.9 Å². The predicted molar refractivity (Wildman–Crippen MR) is 390 cm³/mol. The number of nitrogens with zero attached hydrogens (tertiary/aromatic N) is 8. The van der Waals surface area contributed by atoms with Crippen LogP contribution in [0.3, 0.4) is 0 Å². The molecule has 13 rings (SSSR count). The molecule has 0 spiro atoms. The Bertz CT molecular complexity index is 4780. The van der Waals surface area contributed by atoms with Gasteiger partial charge in [-0.1, -0.05) is 208 Å². The molecule has 8 nitrogen and oxygen atoms in total. The molecule has 9 aromatic rings. The third-order valence-electron chi connectivity index (χ3n) is 20.8. The molecule has 10 heteroatoms. The third-order valence-corrected chi connectivity index (χ3v) is 20.8. The molecule has 6 aromatic heterocycles. The minimum absolute atomic E-state index is 0. The van der Waals surface area contributed by atoms with E-state index in [1.807, 2.05) is 0 Å². The van der Waals surface area contributed by atoms with E-state index >= 15 is 0 Å². The molecular formula is C84H86Co2N8. The summed E-state index contributed by atoms with van der Waals surface area (Å²) in [4.78, 5) is 46.5. The molecule has 0 saturated carbocycles. The van der Waals surface area contributed by atoms with Gasteiger partial charge in [-0.05, 0) is 210 Å². The number of hydrogen-bond acceptors (Lipinski definition) is 4. The summed E-state index contributed by atoms with van der Waals surface area (Å²) >= 11 is 0. The van der Waals surface area contributed by atoms with Gasteiger partial charge in [0.1, 0.15) is 0 Å². The minimum atomic E-state index is 0. The number of hydrogen-bond donors (Lipinski definition) is 0. The zero-order valence-corrected chi connectivity index (χ0v) is 60.2. The monoisotopic (exact) mass is 1320 g/mol. The Hall–Kier alpha value is -8.13. The quantitative estimate of drug-likeness (QED) is 0.119. The fourth-order valence-corrected chi connectivity index (χ4v) is 15.7. The van der Waals surface area contributed by atoms with Gasteiger partial charge in [0.25, 0.3) is 0 Å². The Morgan fingerprint density at radius 3 is 0.755 bits per heavy atom. The second-order valence-corrected chi connectivity index (χ2v) is 25.8. The van der Waals surface area contributed by atoms with Gasteiger partial charge in [-0.25, -0.2) is 19.9 Å². The van der Waals surface area contributed by atoms with E-state index in [4.69, 9.17) is 39.9 Å². The van der Waals surface area contributed by atoms with Crippen LogP contribution in [0.1, 0.15) is 210 Å². The van der Waals surface area contributed by atoms with Crippen molar-refractivity contribution in [2.75, 3.05) is 0 Å². The minimum Gasteiger partial charge on any atom is -0.657 e. The SMILES string of the molecule is CCC1=C(C)c2nc1cc1[n-]c(c(C)c1CC)c(-c1ccccc1-c1c3nc(cc4[n-]c(c(C)c4CC)c(-c4ccc(C)cc4)c4nc(cc5[n-]c1c(C)c5CC)C(CC)=C4C)C(CC)=C3C)c1nc(cc3[n-]c(c(C)c3CC)c2-c2ccc(C)cc2)C(CC)=C1C.[Co+2].[Co+2]. The van der Waals surface area contributed by atoms with Gasteiger partial charge in [0.05, 0.1) is 45.6 Å². The van der Waals surface area contributed by atoms with Crippen LogP contribution in [0.5, 0.6) is 0 Å². The molecule has 0 aliphatic carbocycles. The van der Waals surface area contributed by atoms with Gasteiger partial charge in [-0.3, -0.25) is 0 Å². The standard InChI is InChI=1S/C84H86N8.2Co/c1-19-55-45(11)77-73(53-35-31-43(9)32-36-53)78-46(12)56(20-2)66(86-78)40-70-60(24-6)50(16)82(90-70)75(81-49(15)59(23-5)69(89-81)39-65(55)85-77)63-29-27-28-30-64(63)76-83-51(17)61(25-7)71(91-83)41-67-57(21-3)47(13)79(87-67)74(54-37-33-44(10)34-38-54)80-48(14)58(22-4)68(88-80)42-72-62(26-8)52(18)84(76)92-72;;/h27-42H,19-26H2,1-18H3;;/q-4;2*+2. The van der Waals surface area contributed by atoms with Gasteiger partial charge in [-0.15, -0.1) is 44.1 Å². The second kappa shape index (κ2) is 26.6. The maximum absolute atomic E-state index is 5.92. The van der Waals surface area contributed by atoms with Gasteiger partial charge < -0.3 is 19.9 Å². The topological polar surface area (TPSA) is 108 Å². The molecule has 0 amide bonds. The van der Waals surface area contributed by atoms with Crippen molar-refractivity contribution >= 4 is 88.7 Å². The van der Waals surface area contributed by atoms with Gasteiger partial charge in [0.15, 0.2) is 0 Å². The van der Waals surface area contributed by atoms with Crippen LogP contribution in [-0.2, 0) is 59.2 Å². The van der Waals surface area contributed by atoms with Crippen LogP contribution in [0, 0.1) is 41.5 Å². The van der Waals surface area contributed by atoms with Crippen molar-refractivity contribution in [1.82, 2.24) is 39.9 Å². The Morgan fingerprint density at radius 2 is 0.521 bits per heavy atom. The van der Waals surface area contributed by atoms with Crippen LogP contribution in [0.25, 0.3) is 133 Å². The summed E-state index contributed by atoms with van der Waals surface area (Å²) in [6, 6.07) is 35.8. The average Bonchev–Trinajstić information content (AvgIpc) is 1.60. The fraction of sp³-hybridized carbons (Fsp3) is 0.310. The van der Waals surface area contributed by atoms with Crippen LogP contribution >= 0.6 is 0 Å². The molecule has 4 aliphatic heterocycles. The van der Waals surface area contributed by atoms with E-state index < -0.39 is 0 Å². The van der Waals surface area contributed by atoms with Crippen molar-refractivity contribution in [2.24, 2.45) is 0 Å². The number of aryl methyl sites for hydroxylation is 10. The first kappa shape index (κ1) is 67.3. The molecule has 3 aromatic carbocycles. The van der Waals surface area contributed by atoms with Crippen LogP contribution in [0.15, 0.2) is 97.1 Å². The first-order valence-electron chi connectivity index (χ1n) is 33.8. The predicted octanol–water partition coefficient (Wildman–Crippen LogP) is 21.6. The molecule has 0 atom stereocenters. The van der Waals surface area contributed by atoms with E-state index in [1.54, 1.807) is 0 Å². The molecule has 0 N–H and O–H groups in total. The Kier molecular flexibility index (Phi) is 19.0. The van der Waals surface area contributed by atoms with Crippen LogP contribution in [0.2, 0.25) is 0 Å². The summed E-state index contributed by atoms with van der Waals surface area (Å²) in [6.07, 6.45) is 6.41. The third kappa shape index (κ3) is 10.8. The maximum atomic E-state index is 5.92. The Balaban J connectivity index is 0.00000451. The number of rotatable bonds is 12. The molecular weight excluding hydrogens is 1240 g/mol. The van der Waals surface area contributed by atoms with Crippen molar-refractivity contribution < 1.29 is 33.6 Å². The van der Waals surface area contributed by atoms with Gasteiger partial charge in [0.2, 0.25) is 0 Å². The summed E-state index contributed by atoms with van der Waals surface area (Å²) in [7, 11) is 0. The molecule has 4 aliphatic rings. The summed E-state index contributed by atoms with van der Waals surface area (Å²) in [5, 5.41) is 0. The normalized spacial score (nSPS) is 13.2. The van der Waals surface area contributed by atoms with Crippen molar-refractivity contribution in [3.63, 3.8) is 0 Å². The smallest absolute Gasteiger partial charge is 0.657 e. The zero-order chi connectivity index (χ0) is 64.9. The Labute approximate surface area is 577 Å². The van der Waals surface area contributed by atoms with Crippen molar-refractivity contribution in [3.05, 3.63) is 198 Å². The van der Waals surface area contributed by atoms with E-state index in [2.05, 4.69) is 222 Å². The first-order chi connectivity index (χ1) is 44.4. The Morgan fingerprint density at radius 1 is 0.287 bits per heavy atom. The number of aromatic nitrogens is 8. The largest absolute Gasteiger partial charge is 2.00 e. The molecule has 0 saturated heterocycles. The number of allylic oxidation sites excluding steroid dienone is 8. The maximum Gasteiger partial charge on any atom is 2.00 e. The van der Waals surface area contributed by atoms with E-state index in [9.17, 15) is 0 Å². The summed E-state index contributed by atoms with van der Waals surface area (Å²) in [5.74, 6) is 0. The van der Waals surface area contributed by atoms with Crippen molar-refractivity contribution in [2.45, 2.75) is 176 Å². The van der Waals surface area contributed by atoms with Crippen molar-refractivity contribution in [3.8, 4) is 44.5 Å². The molecule has 16 bridgehead atoms. The molecule has 480 valence electrons. The summed E-state index contributed by atoms with van der Waals surface area (Å²) in [5.41, 5.74) is 44.8. The number of benzene rings is 3. The van der Waals surface area contributed by atoms with E-state index in [-0.39, 0.29) is 33.6 Å². The van der Waals surface area contributed by atoms with E-state index in [0.29, 0.717) is 0 Å². The number of fused-ring (bicyclic) bond motifs is 16. The van der Waals surface area contributed by atoms with E-state index in [0.717, 1.165) is 208 Å². The molecule has 2 radical (unpaired) electrons. The van der Waals surface area contributed by atoms with Crippen LogP contribution in [0.4, 0.5) is 0 Å². The molecule has 94 heavy (non-hydrogen) atoms. The molecule has 0 unspecified atom stereocenters. The summed E-state index contributed by atoms with van der Waals surface area (Å²) in [6.45, 7) is 40.4. The molecule has 0 fully saturated rings. The first-order valence-corrected chi connectivity index (χ1v) is 33.8. The van der Waals surface area contributed by atoms with Crippen molar-refractivity contribution in [1.29, 1.82) is 0 Å². The molecule has 10 heterocycles. The fourth-order valence-electron chi connectivity index (χ4n) is 15.7. The van der Waals surface area contributed by atoms with E-state index in [1.165, 1.54) is 77.9 Å². The van der Waals surface area contributed by atoms with Crippen LogP contribution in [-0.4, -0.2) is 19.9 Å². The average molecular weight is 1330 g/mol. The van der Waals surface area contributed by atoms with Gasteiger partial charge in [0, 0.05) is 0 Å². The second-order valence-electron chi connectivity index (χ2n) is 25.8. The zero-order valence-electron chi connectivity index (χ0n) is 58.1.